The minimum atomic E-state index is 0.718. The molecule has 0 saturated heterocycles. The Labute approximate surface area is 115 Å². The maximum absolute atomic E-state index is 4.32. The average Bonchev–Trinajstić information content (AvgIpc) is 2.28. The molecular formula is C13H14IN3. The topological polar surface area (TPSA) is 29.0 Å². The monoisotopic (exact) mass is 339 g/mol. The highest BCUT2D eigenvalue weighted by molar-refractivity contribution is 14.1. The second-order valence-corrected chi connectivity index (χ2v) is 5.35. The van der Waals surface area contributed by atoms with Gasteiger partial charge < -0.3 is 4.90 Å². The molecule has 0 unspecified atom stereocenters. The van der Waals surface area contributed by atoms with Crippen LogP contribution >= 0.6 is 22.6 Å². The van der Waals surface area contributed by atoms with Crippen molar-refractivity contribution in [3.8, 4) is 0 Å². The number of rotatable bonds is 2. The van der Waals surface area contributed by atoms with E-state index < -0.39 is 0 Å². The summed E-state index contributed by atoms with van der Waals surface area (Å²) >= 11 is 2.20. The van der Waals surface area contributed by atoms with Crippen molar-refractivity contribution in [2.45, 2.75) is 13.8 Å². The summed E-state index contributed by atoms with van der Waals surface area (Å²) in [5.74, 6) is 0.718. The molecule has 2 rings (SSSR count). The number of hydrogen-bond donors (Lipinski definition) is 0. The van der Waals surface area contributed by atoms with Crippen molar-refractivity contribution in [2.75, 3.05) is 11.9 Å². The molecule has 0 atom stereocenters. The first-order chi connectivity index (χ1) is 8.06. The lowest BCUT2D eigenvalue weighted by atomic mass is 10.1. The number of benzene rings is 1. The minimum Gasteiger partial charge on any atom is -0.314 e. The first kappa shape index (κ1) is 12.3. The van der Waals surface area contributed by atoms with Gasteiger partial charge in [0, 0.05) is 28.7 Å². The first-order valence-corrected chi connectivity index (χ1v) is 6.44. The first-order valence-electron chi connectivity index (χ1n) is 5.36. The van der Waals surface area contributed by atoms with Gasteiger partial charge in [0.25, 0.3) is 0 Å². The Balaban J connectivity index is 2.36. The van der Waals surface area contributed by atoms with Crippen LogP contribution in [0.25, 0.3) is 0 Å². The summed E-state index contributed by atoms with van der Waals surface area (Å²) in [5, 5.41) is 0. The molecule has 0 bridgehead atoms. The smallest absolute Gasteiger partial charge is 0.229 e. The minimum absolute atomic E-state index is 0.718. The van der Waals surface area contributed by atoms with Crippen LogP contribution in [0.5, 0.6) is 0 Å². The molecule has 0 amide bonds. The largest absolute Gasteiger partial charge is 0.314 e. The average molecular weight is 339 g/mol. The zero-order chi connectivity index (χ0) is 12.4. The number of anilines is 2. The maximum Gasteiger partial charge on any atom is 0.229 e. The Hall–Kier alpha value is -1.17. The summed E-state index contributed by atoms with van der Waals surface area (Å²) in [6.07, 6.45) is 3.64. The van der Waals surface area contributed by atoms with E-state index in [2.05, 4.69) is 64.6 Å². The Morgan fingerprint density at radius 2 is 1.53 bits per heavy atom. The van der Waals surface area contributed by atoms with Gasteiger partial charge >= 0.3 is 0 Å². The van der Waals surface area contributed by atoms with Gasteiger partial charge in [-0.2, -0.15) is 0 Å². The molecule has 0 aliphatic carbocycles. The Morgan fingerprint density at radius 1 is 1.00 bits per heavy atom. The van der Waals surface area contributed by atoms with E-state index in [0.29, 0.717) is 0 Å². The third-order valence-corrected chi connectivity index (χ3v) is 3.06. The molecule has 3 nitrogen and oxygen atoms in total. The van der Waals surface area contributed by atoms with Crippen molar-refractivity contribution in [1.82, 2.24) is 9.97 Å². The fourth-order valence-electron chi connectivity index (χ4n) is 1.74. The zero-order valence-electron chi connectivity index (χ0n) is 10.1. The van der Waals surface area contributed by atoms with Crippen LogP contribution in [0.3, 0.4) is 0 Å². The van der Waals surface area contributed by atoms with E-state index in [9.17, 15) is 0 Å². The Bertz CT molecular complexity index is 502. The normalized spacial score (nSPS) is 10.4. The summed E-state index contributed by atoms with van der Waals surface area (Å²) in [7, 11) is 1.98. The molecular weight excluding hydrogens is 325 g/mol. The molecule has 0 spiro atoms. The molecule has 0 radical (unpaired) electrons. The van der Waals surface area contributed by atoms with Gasteiger partial charge in [-0.15, -0.1) is 0 Å². The highest BCUT2D eigenvalue weighted by Crippen LogP contribution is 2.22. The van der Waals surface area contributed by atoms with Crippen LogP contribution in [0.4, 0.5) is 11.6 Å². The fraction of sp³-hybridized carbons (Fsp3) is 0.231. The quantitative estimate of drug-likeness (QED) is 0.785. The van der Waals surface area contributed by atoms with E-state index >= 15 is 0 Å². The van der Waals surface area contributed by atoms with Crippen molar-refractivity contribution >= 4 is 34.2 Å². The molecule has 17 heavy (non-hydrogen) atoms. The third-order valence-electron chi connectivity index (χ3n) is 2.50. The van der Waals surface area contributed by atoms with E-state index in [-0.39, 0.29) is 0 Å². The van der Waals surface area contributed by atoms with Crippen molar-refractivity contribution in [1.29, 1.82) is 0 Å². The van der Waals surface area contributed by atoms with Crippen LogP contribution in [-0.4, -0.2) is 17.0 Å². The molecule has 1 aromatic heterocycles. The maximum atomic E-state index is 4.32. The SMILES string of the molecule is Cc1cc(C)cc(N(C)c2ncc(I)cn2)c1. The lowest BCUT2D eigenvalue weighted by molar-refractivity contribution is 1.03. The number of aromatic nitrogens is 2. The van der Waals surface area contributed by atoms with Gasteiger partial charge in [0.05, 0.1) is 0 Å². The van der Waals surface area contributed by atoms with Gasteiger partial charge in [-0.3, -0.25) is 0 Å². The molecule has 0 N–H and O–H groups in total. The van der Waals surface area contributed by atoms with Gasteiger partial charge in [-0.25, -0.2) is 9.97 Å². The molecule has 1 heterocycles. The molecule has 4 heteroatoms. The molecule has 1 aromatic carbocycles. The number of halogens is 1. The highest BCUT2D eigenvalue weighted by atomic mass is 127. The second-order valence-electron chi connectivity index (χ2n) is 4.11. The van der Waals surface area contributed by atoms with E-state index in [1.165, 1.54) is 11.1 Å². The standard InChI is InChI=1S/C13H14IN3/c1-9-4-10(2)6-12(5-9)17(3)13-15-7-11(14)8-16-13/h4-8H,1-3H3. The van der Waals surface area contributed by atoms with Crippen molar-refractivity contribution in [2.24, 2.45) is 0 Å². The van der Waals surface area contributed by atoms with Crippen molar-refractivity contribution in [3.05, 3.63) is 45.3 Å². The van der Waals surface area contributed by atoms with Gasteiger partial charge in [0.2, 0.25) is 5.95 Å². The van der Waals surface area contributed by atoms with Gasteiger partial charge in [0.15, 0.2) is 0 Å². The van der Waals surface area contributed by atoms with Gasteiger partial charge in [0.1, 0.15) is 0 Å². The van der Waals surface area contributed by atoms with Gasteiger partial charge in [-0.05, 0) is 59.7 Å². The van der Waals surface area contributed by atoms with Crippen molar-refractivity contribution < 1.29 is 0 Å². The molecule has 88 valence electrons. The van der Waals surface area contributed by atoms with Crippen LogP contribution in [-0.2, 0) is 0 Å². The number of nitrogens with zero attached hydrogens (tertiary/aromatic N) is 3. The number of hydrogen-bond acceptors (Lipinski definition) is 3. The van der Waals surface area contributed by atoms with Crippen LogP contribution in [0.15, 0.2) is 30.6 Å². The van der Waals surface area contributed by atoms with E-state index in [4.69, 9.17) is 0 Å². The molecule has 0 aliphatic rings. The summed E-state index contributed by atoms with van der Waals surface area (Å²) in [4.78, 5) is 10.6. The zero-order valence-corrected chi connectivity index (χ0v) is 12.3. The summed E-state index contributed by atoms with van der Waals surface area (Å²) < 4.78 is 1.04. The van der Waals surface area contributed by atoms with E-state index in [1.54, 1.807) is 0 Å². The van der Waals surface area contributed by atoms with E-state index in [1.807, 2.05) is 24.3 Å². The predicted molar refractivity (Wildman–Crippen MR) is 78.7 cm³/mol. The summed E-state index contributed by atoms with van der Waals surface area (Å²) in [5.41, 5.74) is 3.61. The van der Waals surface area contributed by atoms with E-state index in [0.717, 1.165) is 15.2 Å². The predicted octanol–water partition coefficient (Wildman–Crippen LogP) is 3.47. The number of aryl methyl sites for hydroxylation is 2. The Morgan fingerprint density at radius 3 is 2.06 bits per heavy atom. The molecule has 0 saturated carbocycles. The molecule has 0 aliphatic heterocycles. The summed E-state index contributed by atoms with van der Waals surface area (Å²) in [6.45, 7) is 4.19. The lowest BCUT2D eigenvalue weighted by Crippen LogP contribution is -2.13. The van der Waals surface area contributed by atoms with Crippen LogP contribution < -0.4 is 4.90 Å². The second kappa shape index (κ2) is 5.00. The molecule has 0 fully saturated rings. The third kappa shape index (κ3) is 2.94. The summed E-state index contributed by atoms with van der Waals surface area (Å²) in [6, 6.07) is 6.43. The fourth-order valence-corrected chi connectivity index (χ4v) is 2.02. The van der Waals surface area contributed by atoms with Crippen molar-refractivity contribution in [3.63, 3.8) is 0 Å². The van der Waals surface area contributed by atoms with Crippen LogP contribution in [0.2, 0.25) is 0 Å². The van der Waals surface area contributed by atoms with Gasteiger partial charge in [-0.1, -0.05) is 6.07 Å². The lowest BCUT2D eigenvalue weighted by Gasteiger charge is -2.18. The van der Waals surface area contributed by atoms with Crippen LogP contribution in [0.1, 0.15) is 11.1 Å². The highest BCUT2D eigenvalue weighted by Gasteiger charge is 2.07. The van der Waals surface area contributed by atoms with Crippen LogP contribution in [0, 0.1) is 17.4 Å². The Kier molecular flexibility index (Phi) is 3.61. The molecule has 2 aromatic rings.